The van der Waals surface area contributed by atoms with E-state index in [-0.39, 0.29) is 16.1 Å². The molecule has 1 saturated carbocycles. The van der Waals surface area contributed by atoms with E-state index in [1.807, 2.05) is 7.05 Å². The molecule has 1 fully saturated rings. The Balaban J connectivity index is 2.31. The van der Waals surface area contributed by atoms with E-state index < -0.39 is 11.6 Å². The number of likely N-dealkylation sites (N-methyl/N-ethyl adjacent to an activating group) is 1. The molecule has 0 aromatic heterocycles. The zero-order valence-corrected chi connectivity index (χ0v) is 9.17. The summed E-state index contributed by atoms with van der Waals surface area (Å²) in [4.78, 5) is 0. The molecule has 0 spiro atoms. The predicted octanol–water partition coefficient (Wildman–Crippen LogP) is 2.91. The first-order chi connectivity index (χ1) is 7.08. The fraction of sp³-hybridized carbons (Fsp3) is 0.455. The van der Waals surface area contributed by atoms with Crippen LogP contribution in [0.2, 0.25) is 5.02 Å². The van der Waals surface area contributed by atoms with Gasteiger partial charge in [-0.15, -0.1) is 0 Å². The number of nitrogens with one attached hydrogen (secondary N) is 1. The van der Waals surface area contributed by atoms with Gasteiger partial charge >= 0.3 is 0 Å². The summed E-state index contributed by atoms with van der Waals surface area (Å²) in [7, 11) is 1.81. The summed E-state index contributed by atoms with van der Waals surface area (Å²) in [6.45, 7) is 0. The maximum absolute atomic E-state index is 13.6. The lowest BCUT2D eigenvalue weighted by atomic mass is 10.0. The first-order valence-corrected chi connectivity index (χ1v) is 5.27. The van der Waals surface area contributed by atoms with Crippen molar-refractivity contribution in [2.24, 2.45) is 0 Å². The van der Waals surface area contributed by atoms with Crippen molar-refractivity contribution < 1.29 is 8.78 Å². The molecule has 1 nitrogen and oxygen atoms in total. The van der Waals surface area contributed by atoms with Gasteiger partial charge < -0.3 is 5.32 Å². The monoisotopic (exact) mass is 231 g/mol. The molecule has 0 bridgehead atoms. The number of halogens is 3. The van der Waals surface area contributed by atoms with Crippen molar-refractivity contribution in [2.75, 3.05) is 7.05 Å². The van der Waals surface area contributed by atoms with Crippen LogP contribution in [-0.2, 0) is 6.42 Å². The minimum Gasteiger partial charge on any atom is -0.314 e. The van der Waals surface area contributed by atoms with Crippen LogP contribution in [0, 0.1) is 11.6 Å². The molecule has 0 radical (unpaired) electrons. The molecule has 1 aliphatic carbocycles. The molecule has 1 N–H and O–H groups in total. The number of hydrogen-bond acceptors (Lipinski definition) is 1. The summed E-state index contributed by atoms with van der Waals surface area (Å²) in [5, 5.41) is 3.08. The first-order valence-electron chi connectivity index (χ1n) is 4.89. The Morgan fingerprint density at radius 1 is 1.40 bits per heavy atom. The van der Waals surface area contributed by atoms with Crippen molar-refractivity contribution in [3.05, 3.63) is 34.4 Å². The van der Waals surface area contributed by atoms with E-state index in [0.29, 0.717) is 6.42 Å². The summed E-state index contributed by atoms with van der Waals surface area (Å²) in [5.41, 5.74) is -0.0267. The van der Waals surface area contributed by atoms with Crippen molar-refractivity contribution in [1.29, 1.82) is 0 Å². The van der Waals surface area contributed by atoms with Crippen molar-refractivity contribution in [1.82, 2.24) is 5.32 Å². The van der Waals surface area contributed by atoms with Crippen LogP contribution in [-0.4, -0.2) is 12.6 Å². The molecule has 0 aliphatic heterocycles. The molecule has 0 unspecified atom stereocenters. The van der Waals surface area contributed by atoms with Crippen LogP contribution in [0.4, 0.5) is 8.78 Å². The molecule has 15 heavy (non-hydrogen) atoms. The Morgan fingerprint density at radius 2 is 2.07 bits per heavy atom. The van der Waals surface area contributed by atoms with Gasteiger partial charge in [-0.05, 0) is 38.4 Å². The molecule has 0 atom stereocenters. The predicted molar refractivity (Wildman–Crippen MR) is 56.1 cm³/mol. The second kappa shape index (κ2) is 3.72. The van der Waals surface area contributed by atoms with E-state index in [1.165, 1.54) is 12.1 Å². The molecule has 82 valence electrons. The van der Waals surface area contributed by atoms with Crippen LogP contribution in [0.15, 0.2) is 12.1 Å². The second-order valence-electron chi connectivity index (χ2n) is 4.03. The SMILES string of the molecule is CNC1(Cc2c(F)ccc(Cl)c2F)CC1. The molecular weight excluding hydrogens is 220 g/mol. The average Bonchev–Trinajstić information content (AvgIpc) is 3.00. The van der Waals surface area contributed by atoms with Gasteiger partial charge in [-0.2, -0.15) is 0 Å². The summed E-state index contributed by atoms with van der Waals surface area (Å²) < 4.78 is 27.0. The van der Waals surface area contributed by atoms with E-state index in [1.54, 1.807) is 0 Å². The van der Waals surface area contributed by atoms with E-state index in [9.17, 15) is 8.78 Å². The molecule has 0 heterocycles. The largest absolute Gasteiger partial charge is 0.314 e. The third-order valence-corrected chi connectivity index (χ3v) is 3.33. The van der Waals surface area contributed by atoms with E-state index in [4.69, 9.17) is 11.6 Å². The van der Waals surface area contributed by atoms with Gasteiger partial charge in [-0.3, -0.25) is 0 Å². The molecule has 1 aliphatic rings. The molecule has 1 aromatic rings. The van der Waals surface area contributed by atoms with Gasteiger partial charge in [-0.25, -0.2) is 8.78 Å². The number of hydrogen-bond donors (Lipinski definition) is 1. The molecular formula is C11H12ClF2N. The Labute approximate surface area is 92.4 Å². The topological polar surface area (TPSA) is 12.0 Å². The third-order valence-electron chi connectivity index (χ3n) is 3.04. The second-order valence-corrected chi connectivity index (χ2v) is 4.44. The normalized spacial score (nSPS) is 17.9. The van der Waals surface area contributed by atoms with Gasteiger partial charge in [0.15, 0.2) is 0 Å². The zero-order valence-electron chi connectivity index (χ0n) is 8.41. The third kappa shape index (κ3) is 1.99. The van der Waals surface area contributed by atoms with Crippen molar-refractivity contribution in [3.63, 3.8) is 0 Å². The zero-order chi connectivity index (χ0) is 11.1. The lowest BCUT2D eigenvalue weighted by molar-refractivity contribution is 0.495. The summed E-state index contributed by atoms with van der Waals surface area (Å²) in [6, 6.07) is 2.46. The molecule has 2 rings (SSSR count). The van der Waals surface area contributed by atoms with Crippen LogP contribution < -0.4 is 5.32 Å². The Bertz CT molecular complexity index is 388. The van der Waals surface area contributed by atoms with Gasteiger partial charge in [0.25, 0.3) is 0 Å². The van der Waals surface area contributed by atoms with Crippen LogP contribution >= 0.6 is 11.6 Å². The summed E-state index contributed by atoms with van der Waals surface area (Å²) >= 11 is 5.62. The van der Waals surface area contributed by atoms with Crippen molar-refractivity contribution >= 4 is 11.6 Å². The number of benzene rings is 1. The highest BCUT2D eigenvalue weighted by molar-refractivity contribution is 6.30. The van der Waals surface area contributed by atoms with Crippen LogP contribution in [0.3, 0.4) is 0 Å². The van der Waals surface area contributed by atoms with Gasteiger partial charge in [0.1, 0.15) is 11.6 Å². The van der Waals surface area contributed by atoms with E-state index >= 15 is 0 Å². The summed E-state index contributed by atoms with van der Waals surface area (Å²) in [5.74, 6) is -1.14. The summed E-state index contributed by atoms with van der Waals surface area (Å²) in [6.07, 6.45) is 2.27. The lowest BCUT2D eigenvalue weighted by Crippen LogP contribution is -2.30. The van der Waals surface area contributed by atoms with Crippen LogP contribution in [0.5, 0.6) is 0 Å². The Morgan fingerprint density at radius 3 is 2.60 bits per heavy atom. The standard InChI is InChI=1S/C11H12ClF2N/c1-15-11(4-5-11)6-7-9(13)3-2-8(12)10(7)14/h2-3,15H,4-6H2,1H3. The van der Waals surface area contributed by atoms with E-state index in [0.717, 1.165) is 12.8 Å². The Kier molecular flexibility index (Phi) is 2.69. The van der Waals surface area contributed by atoms with Crippen LogP contribution in [0.25, 0.3) is 0 Å². The Hall–Kier alpha value is -0.670. The van der Waals surface area contributed by atoms with Crippen molar-refractivity contribution in [2.45, 2.75) is 24.8 Å². The van der Waals surface area contributed by atoms with Crippen molar-refractivity contribution in [3.8, 4) is 0 Å². The van der Waals surface area contributed by atoms with Gasteiger partial charge in [0.2, 0.25) is 0 Å². The molecule has 0 amide bonds. The van der Waals surface area contributed by atoms with Gasteiger partial charge in [0.05, 0.1) is 5.02 Å². The minimum atomic E-state index is -0.627. The van der Waals surface area contributed by atoms with Gasteiger partial charge in [0, 0.05) is 11.1 Å². The highest BCUT2D eigenvalue weighted by Gasteiger charge is 2.42. The minimum absolute atomic E-state index is 0.0155. The highest BCUT2D eigenvalue weighted by atomic mass is 35.5. The fourth-order valence-electron chi connectivity index (χ4n) is 1.74. The highest BCUT2D eigenvalue weighted by Crippen LogP contribution is 2.39. The van der Waals surface area contributed by atoms with E-state index in [2.05, 4.69) is 5.32 Å². The quantitative estimate of drug-likeness (QED) is 0.789. The fourth-order valence-corrected chi connectivity index (χ4v) is 1.91. The molecule has 1 aromatic carbocycles. The van der Waals surface area contributed by atoms with Crippen LogP contribution in [0.1, 0.15) is 18.4 Å². The maximum Gasteiger partial charge on any atom is 0.147 e. The number of rotatable bonds is 3. The average molecular weight is 232 g/mol. The molecule has 4 heteroatoms. The maximum atomic E-state index is 13.6. The molecule has 0 saturated heterocycles. The van der Waals surface area contributed by atoms with Gasteiger partial charge in [-0.1, -0.05) is 11.6 Å². The first kappa shape index (κ1) is 10.8. The smallest absolute Gasteiger partial charge is 0.147 e. The lowest BCUT2D eigenvalue weighted by Gasteiger charge is -2.15.